The summed E-state index contributed by atoms with van der Waals surface area (Å²) in [7, 11) is 2.02. The molecule has 1 unspecified atom stereocenters. The van der Waals surface area contributed by atoms with Crippen LogP contribution in [0.3, 0.4) is 0 Å². The van der Waals surface area contributed by atoms with E-state index >= 15 is 0 Å². The van der Waals surface area contributed by atoms with E-state index in [2.05, 4.69) is 10.00 Å². The van der Waals surface area contributed by atoms with Crippen LogP contribution in [0.5, 0.6) is 5.75 Å². The molecule has 0 spiro atoms. The Morgan fingerprint density at radius 1 is 1.29 bits per heavy atom. The van der Waals surface area contributed by atoms with Gasteiger partial charge < -0.3 is 9.84 Å². The van der Waals surface area contributed by atoms with E-state index in [1.807, 2.05) is 7.05 Å². The zero-order chi connectivity index (χ0) is 14.8. The second-order valence-electron chi connectivity index (χ2n) is 6.09. The normalized spacial score (nSPS) is 24.3. The number of hydrogen-bond donors (Lipinski definition) is 1. The Morgan fingerprint density at radius 3 is 2.67 bits per heavy atom. The lowest BCUT2D eigenvalue weighted by molar-refractivity contribution is 0.0633. The van der Waals surface area contributed by atoms with Crippen LogP contribution in [-0.2, 0) is 0 Å². The van der Waals surface area contributed by atoms with Gasteiger partial charge in [0.05, 0.1) is 12.3 Å². The summed E-state index contributed by atoms with van der Waals surface area (Å²) in [6, 6.07) is 0. The Balaban J connectivity index is 1.86. The van der Waals surface area contributed by atoms with Crippen LogP contribution in [0.15, 0.2) is 6.20 Å². The zero-order valence-corrected chi connectivity index (χ0v) is 12.5. The molecule has 2 heterocycles. The molecule has 2 fully saturated rings. The van der Waals surface area contributed by atoms with E-state index in [0.717, 1.165) is 51.5 Å². The van der Waals surface area contributed by atoms with Gasteiger partial charge in [-0.2, -0.15) is 5.10 Å². The van der Waals surface area contributed by atoms with Crippen molar-refractivity contribution in [1.29, 1.82) is 0 Å². The lowest BCUT2D eigenvalue weighted by atomic mass is 10.1. The molecule has 1 aliphatic heterocycles. The van der Waals surface area contributed by atoms with Gasteiger partial charge in [-0.1, -0.05) is 0 Å². The minimum Gasteiger partial charge on any atom is -0.486 e. The molecule has 0 aromatic carbocycles. The highest BCUT2D eigenvalue weighted by Crippen LogP contribution is 2.31. The number of rotatable bonds is 4. The molecule has 1 N–H and O–H groups in total. The number of nitrogens with zero attached hydrogens (tertiary/aromatic N) is 3. The van der Waals surface area contributed by atoms with Gasteiger partial charge in [-0.25, -0.2) is 9.48 Å². The van der Waals surface area contributed by atoms with E-state index in [4.69, 9.17) is 4.74 Å². The van der Waals surface area contributed by atoms with Crippen molar-refractivity contribution >= 4 is 5.97 Å². The fraction of sp³-hybridized carbons (Fsp3) is 0.733. The van der Waals surface area contributed by atoms with Crippen molar-refractivity contribution in [3.63, 3.8) is 0 Å². The van der Waals surface area contributed by atoms with Gasteiger partial charge in [0.1, 0.15) is 6.17 Å². The summed E-state index contributed by atoms with van der Waals surface area (Å²) in [5.41, 5.74) is 0.195. The number of aromatic carboxylic acids is 1. The highest BCUT2D eigenvalue weighted by molar-refractivity contribution is 5.88. The molecule has 3 rings (SSSR count). The maximum absolute atomic E-state index is 11.7. The predicted molar refractivity (Wildman–Crippen MR) is 77.6 cm³/mol. The molecular formula is C15H23N3O3. The van der Waals surface area contributed by atoms with Crippen molar-refractivity contribution in [1.82, 2.24) is 14.7 Å². The fourth-order valence-corrected chi connectivity index (χ4v) is 3.41. The molecule has 6 nitrogen and oxygen atoms in total. The van der Waals surface area contributed by atoms with Gasteiger partial charge in [0.25, 0.3) is 0 Å². The van der Waals surface area contributed by atoms with E-state index in [9.17, 15) is 9.90 Å². The first kappa shape index (κ1) is 14.4. The summed E-state index contributed by atoms with van der Waals surface area (Å²) < 4.78 is 7.52. The lowest BCUT2D eigenvalue weighted by Gasteiger charge is -2.33. The van der Waals surface area contributed by atoms with Crippen molar-refractivity contribution in [3.8, 4) is 5.75 Å². The average Bonchev–Trinajstić information content (AvgIpc) is 3.09. The number of hydrogen-bond acceptors (Lipinski definition) is 4. The van der Waals surface area contributed by atoms with Gasteiger partial charge in [-0.05, 0) is 58.5 Å². The molecule has 0 radical (unpaired) electrons. The Morgan fingerprint density at radius 2 is 2.00 bits per heavy atom. The maximum atomic E-state index is 11.7. The maximum Gasteiger partial charge on any atom is 0.358 e. The molecule has 1 aromatic heterocycles. The Labute approximate surface area is 124 Å². The molecule has 1 aromatic rings. The van der Waals surface area contributed by atoms with Crippen LogP contribution in [0.1, 0.15) is 61.6 Å². The SMILES string of the molecule is CN1CCCCC1n1ncc(OC2CCCC2)c1C(=O)O. The summed E-state index contributed by atoms with van der Waals surface area (Å²) in [5.74, 6) is -0.534. The first-order valence-electron chi connectivity index (χ1n) is 7.84. The standard InChI is InChI=1S/C15H23N3O3/c1-17-9-5-4-8-13(17)18-14(15(19)20)12(10-16-18)21-11-6-2-3-7-11/h10-11,13H,2-9H2,1H3,(H,19,20). The molecule has 1 aliphatic carbocycles. The third-order valence-corrected chi connectivity index (χ3v) is 4.57. The third-order valence-electron chi connectivity index (χ3n) is 4.57. The number of likely N-dealkylation sites (tertiary alicyclic amines) is 1. The van der Waals surface area contributed by atoms with Crippen LogP contribution in [0.25, 0.3) is 0 Å². The highest BCUT2D eigenvalue weighted by Gasteiger charge is 2.30. The van der Waals surface area contributed by atoms with Gasteiger partial charge in [0, 0.05) is 0 Å². The third kappa shape index (κ3) is 2.90. The molecule has 1 atom stereocenters. The van der Waals surface area contributed by atoms with Gasteiger partial charge in [0.2, 0.25) is 0 Å². The van der Waals surface area contributed by atoms with Crippen molar-refractivity contribution in [2.45, 2.75) is 57.2 Å². The monoisotopic (exact) mass is 293 g/mol. The molecule has 2 aliphatic rings. The summed E-state index contributed by atoms with van der Waals surface area (Å²) in [6.45, 7) is 0.975. The van der Waals surface area contributed by atoms with Crippen molar-refractivity contribution < 1.29 is 14.6 Å². The number of ether oxygens (including phenoxy) is 1. The molecule has 1 saturated carbocycles. The minimum atomic E-state index is -0.959. The number of carboxylic acid groups (broad SMARTS) is 1. The number of aromatic nitrogens is 2. The summed E-state index contributed by atoms with van der Waals surface area (Å²) in [6.07, 6.45) is 9.26. The summed E-state index contributed by atoms with van der Waals surface area (Å²) in [5, 5.41) is 13.9. The molecular weight excluding hydrogens is 270 g/mol. The Hall–Kier alpha value is -1.56. The van der Waals surface area contributed by atoms with E-state index < -0.39 is 5.97 Å². The fourth-order valence-electron chi connectivity index (χ4n) is 3.41. The zero-order valence-electron chi connectivity index (χ0n) is 12.5. The Kier molecular flexibility index (Phi) is 4.14. The smallest absolute Gasteiger partial charge is 0.358 e. The van der Waals surface area contributed by atoms with E-state index in [0.29, 0.717) is 5.75 Å². The molecule has 6 heteroatoms. The van der Waals surface area contributed by atoms with Gasteiger partial charge in [0.15, 0.2) is 11.4 Å². The highest BCUT2D eigenvalue weighted by atomic mass is 16.5. The average molecular weight is 293 g/mol. The lowest BCUT2D eigenvalue weighted by Crippen LogP contribution is -2.35. The van der Waals surface area contributed by atoms with Crippen LogP contribution in [0, 0.1) is 0 Å². The van der Waals surface area contributed by atoms with Crippen molar-refractivity contribution in [2.24, 2.45) is 0 Å². The molecule has 116 valence electrons. The minimum absolute atomic E-state index is 0.0192. The van der Waals surface area contributed by atoms with Crippen LogP contribution in [-0.4, -0.2) is 45.5 Å². The van der Waals surface area contributed by atoms with Crippen LogP contribution < -0.4 is 4.74 Å². The van der Waals surface area contributed by atoms with Crippen molar-refractivity contribution in [2.75, 3.05) is 13.6 Å². The van der Waals surface area contributed by atoms with E-state index in [1.165, 1.54) is 0 Å². The summed E-state index contributed by atoms with van der Waals surface area (Å²) in [4.78, 5) is 13.8. The number of carbonyl (C=O) groups is 1. The van der Waals surface area contributed by atoms with Crippen molar-refractivity contribution in [3.05, 3.63) is 11.9 Å². The molecule has 21 heavy (non-hydrogen) atoms. The first-order valence-corrected chi connectivity index (χ1v) is 7.84. The molecule has 1 saturated heterocycles. The first-order chi connectivity index (χ1) is 10.2. The van der Waals surface area contributed by atoms with Crippen LogP contribution in [0.4, 0.5) is 0 Å². The predicted octanol–water partition coefficient (Wildman–Crippen LogP) is 2.52. The second kappa shape index (κ2) is 6.05. The number of piperidine rings is 1. The second-order valence-corrected chi connectivity index (χ2v) is 6.09. The van der Waals surface area contributed by atoms with Gasteiger partial charge in [-0.3, -0.25) is 4.90 Å². The van der Waals surface area contributed by atoms with E-state index in [1.54, 1.807) is 10.9 Å². The summed E-state index contributed by atoms with van der Waals surface area (Å²) >= 11 is 0. The molecule has 0 bridgehead atoms. The Bertz CT molecular complexity index is 508. The molecule has 0 amide bonds. The topological polar surface area (TPSA) is 67.6 Å². The number of carboxylic acids is 1. The van der Waals surface area contributed by atoms with Gasteiger partial charge in [-0.15, -0.1) is 0 Å². The van der Waals surface area contributed by atoms with E-state index in [-0.39, 0.29) is 18.0 Å². The van der Waals surface area contributed by atoms with Gasteiger partial charge >= 0.3 is 5.97 Å². The quantitative estimate of drug-likeness (QED) is 0.924. The largest absolute Gasteiger partial charge is 0.486 e. The van der Waals surface area contributed by atoms with Crippen LogP contribution in [0.2, 0.25) is 0 Å². The van der Waals surface area contributed by atoms with Crippen LogP contribution >= 0.6 is 0 Å².